The maximum Gasteiger partial charge on any atom is 0.335 e. The second-order valence-corrected chi connectivity index (χ2v) is 13.0. The van der Waals surface area contributed by atoms with Gasteiger partial charge in [0.1, 0.15) is 12.2 Å². The van der Waals surface area contributed by atoms with Crippen LogP contribution in [0.3, 0.4) is 0 Å². The summed E-state index contributed by atoms with van der Waals surface area (Å²) in [5.74, 6) is 2.01. The van der Waals surface area contributed by atoms with Gasteiger partial charge in [-0.3, -0.25) is 14.9 Å². The number of anilines is 1. The molecule has 4 saturated carbocycles. The third-order valence-electron chi connectivity index (χ3n) is 9.68. The molecule has 0 spiro atoms. The highest BCUT2D eigenvalue weighted by molar-refractivity contribution is 6.39. The lowest BCUT2D eigenvalue weighted by Gasteiger charge is -2.57. The van der Waals surface area contributed by atoms with Gasteiger partial charge in [0.15, 0.2) is 11.5 Å². The molecular weight excluding hydrogens is 564 g/mol. The Balaban J connectivity index is 1.10. The van der Waals surface area contributed by atoms with Gasteiger partial charge in [0.2, 0.25) is 0 Å². The van der Waals surface area contributed by atoms with Crippen molar-refractivity contribution < 1.29 is 23.9 Å². The number of halogens is 1. The van der Waals surface area contributed by atoms with Crippen molar-refractivity contribution in [1.29, 1.82) is 0 Å². The second-order valence-electron chi connectivity index (χ2n) is 12.5. The van der Waals surface area contributed by atoms with E-state index < -0.39 is 17.8 Å². The minimum absolute atomic E-state index is 0.137. The minimum Gasteiger partial charge on any atom is -0.493 e. The third kappa shape index (κ3) is 5.20. The summed E-state index contributed by atoms with van der Waals surface area (Å²) >= 11 is 5.96. The van der Waals surface area contributed by atoms with E-state index in [1.165, 1.54) is 57.3 Å². The van der Waals surface area contributed by atoms with Crippen molar-refractivity contribution in [3.63, 3.8) is 0 Å². The molecule has 0 atom stereocenters. The lowest BCUT2D eigenvalue weighted by atomic mass is 9.48. The Bertz CT molecular complexity index is 1590. The number of barbiturate groups is 1. The minimum atomic E-state index is -0.752. The normalized spacial score (nSPS) is 27.0. The smallest absolute Gasteiger partial charge is 0.335 e. The van der Waals surface area contributed by atoms with Crippen molar-refractivity contribution in [2.75, 3.05) is 12.0 Å². The van der Waals surface area contributed by atoms with Gasteiger partial charge in [-0.05, 0) is 121 Å². The van der Waals surface area contributed by atoms with E-state index in [0.29, 0.717) is 34.4 Å². The number of nitrogens with one attached hydrogen (secondary N) is 1. The van der Waals surface area contributed by atoms with Gasteiger partial charge in [-0.25, -0.2) is 9.69 Å². The summed E-state index contributed by atoms with van der Waals surface area (Å²) in [5, 5.41) is 2.98. The van der Waals surface area contributed by atoms with Crippen molar-refractivity contribution >= 4 is 41.2 Å². The highest BCUT2D eigenvalue weighted by Crippen LogP contribution is 2.60. The van der Waals surface area contributed by atoms with Crippen molar-refractivity contribution in [3.8, 4) is 11.5 Å². The van der Waals surface area contributed by atoms with Crippen LogP contribution in [0.25, 0.3) is 6.08 Å². The first kappa shape index (κ1) is 27.7. The molecule has 220 valence electrons. The largest absolute Gasteiger partial charge is 0.493 e. The lowest BCUT2D eigenvalue weighted by molar-refractivity contribution is -0.122. The molecule has 4 aliphatic carbocycles. The van der Waals surface area contributed by atoms with Crippen LogP contribution >= 0.6 is 11.6 Å². The SMILES string of the molecule is COc1cc(/C=C2\C(=O)NC(=O)N(c3ccc(C45CC6CC(CC(C6)C4)C5)cc3)C2=O)ccc1OCc1ccc(Cl)cc1. The van der Waals surface area contributed by atoms with Crippen molar-refractivity contribution in [3.05, 3.63) is 94.0 Å². The number of amides is 4. The predicted molar refractivity (Wildman–Crippen MR) is 164 cm³/mol. The Morgan fingerprint density at radius 2 is 1.53 bits per heavy atom. The lowest BCUT2D eigenvalue weighted by Crippen LogP contribution is -2.54. The van der Waals surface area contributed by atoms with Crippen LogP contribution in [-0.4, -0.2) is 25.0 Å². The third-order valence-corrected chi connectivity index (χ3v) is 9.94. The monoisotopic (exact) mass is 596 g/mol. The van der Waals surface area contributed by atoms with E-state index >= 15 is 0 Å². The number of hydrogen-bond acceptors (Lipinski definition) is 5. The van der Waals surface area contributed by atoms with E-state index in [-0.39, 0.29) is 11.0 Å². The first-order chi connectivity index (χ1) is 20.8. The molecule has 1 N–H and O–H groups in total. The van der Waals surface area contributed by atoms with E-state index in [2.05, 4.69) is 17.4 Å². The molecular formula is C35H33ClN2O5. The molecule has 5 aliphatic rings. The molecule has 0 unspecified atom stereocenters. The molecule has 1 heterocycles. The molecule has 8 rings (SSSR count). The molecule has 4 bridgehead atoms. The molecule has 7 nitrogen and oxygen atoms in total. The summed E-state index contributed by atoms with van der Waals surface area (Å²) < 4.78 is 11.4. The number of rotatable bonds is 7. The van der Waals surface area contributed by atoms with Crippen LogP contribution in [-0.2, 0) is 21.6 Å². The topological polar surface area (TPSA) is 84.9 Å². The Labute approximate surface area is 255 Å². The van der Waals surface area contributed by atoms with Gasteiger partial charge in [0.05, 0.1) is 12.8 Å². The molecule has 1 aliphatic heterocycles. The Morgan fingerprint density at radius 3 is 2.16 bits per heavy atom. The summed E-state index contributed by atoms with van der Waals surface area (Å²) in [5.41, 5.74) is 3.32. The van der Waals surface area contributed by atoms with Gasteiger partial charge in [-0.1, -0.05) is 41.9 Å². The van der Waals surface area contributed by atoms with Gasteiger partial charge >= 0.3 is 6.03 Å². The molecule has 8 heteroatoms. The average Bonchev–Trinajstić information content (AvgIpc) is 2.99. The van der Waals surface area contributed by atoms with Crippen LogP contribution in [0, 0.1) is 17.8 Å². The Hall–Kier alpha value is -4.10. The maximum atomic E-state index is 13.6. The molecule has 1 saturated heterocycles. The zero-order chi connectivity index (χ0) is 29.7. The first-order valence-electron chi connectivity index (χ1n) is 14.9. The van der Waals surface area contributed by atoms with Crippen molar-refractivity contribution in [2.45, 2.75) is 50.5 Å². The Morgan fingerprint density at radius 1 is 0.884 bits per heavy atom. The van der Waals surface area contributed by atoms with Crippen LogP contribution in [0.5, 0.6) is 11.5 Å². The quantitative estimate of drug-likeness (QED) is 0.233. The van der Waals surface area contributed by atoms with Crippen LogP contribution in [0.15, 0.2) is 72.3 Å². The molecule has 43 heavy (non-hydrogen) atoms. The summed E-state index contributed by atoms with van der Waals surface area (Å²) in [7, 11) is 1.52. The van der Waals surface area contributed by atoms with Crippen LogP contribution in [0.1, 0.15) is 55.2 Å². The number of nitrogens with zero attached hydrogens (tertiary/aromatic N) is 1. The number of hydrogen-bond donors (Lipinski definition) is 1. The number of ether oxygens (including phenoxy) is 2. The number of methoxy groups -OCH3 is 1. The highest BCUT2D eigenvalue weighted by Gasteiger charge is 2.51. The fourth-order valence-corrected chi connectivity index (χ4v) is 8.25. The number of urea groups is 1. The summed E-state index contributed by atoms with van der Waals surface area (Å²) in [6, 6.07) is 19.6. The van der Waals surface area contributed by atoms with Gasteiger partial charge in [-0.15, -0.1) is 0 Å². The molecule has 3 aromatic carbocycles. The number of carbonyl (C=O) groups is 3. The second kappa shape index (κ2) is 10.9. The fraction of sp³-hybridized carbons (Fsp3) is 0.343. The van der Waals surface area contributed by atoms with Crippen LogP contribution in [0.4, 0.5) is 10.5 Å². The summed E-state index contributed by atoms with van der Waals surface area (Å²) in [6.07, 6.45) is 9.27. The van der Waals surface area contributed by atoms with Gasteiger partial charge < -0.3 is 9.47 Å². The summed E-state index contributed by atoms with van der Waals surface area (Å²) in [6.45, 7) is 0.313. The zero-order valence-electron chi connectivity index (χ0n) is 24.0. The standard InChI is InChI=1S/C35H33ClN2O5/c1-42-31-16-22(4-11-30(31)43-20-21-2-7-27(36)8-3-21)15-29-32(39)37-34(41)38(33(29)40)28-9-5-26(6-10-28)35-17-23-12-24(18-35)14-25(13-23)19-35/h2-11,15-16,23-25H,12-14,17-20H2,1H3,(H,37,39,41)/b29-15+. The van der Waals surface area contributed by atoms with E-state index in [4.69, 9.17) is 21.1 Å². The highest BCUT2D eigenvalue weighted by atomic mass is 35.5. The molecule has 0 aromatic heterocycles. The van der Waals surface area contributed by atoms with E-state index in [1.807, 2.05) is 24.3 Å². The molecule has 5 fully saturated rings. The van der Waals surface area contributed by atoms with Crippen LogP contribution in [0.2, 0.25) is 5.02 Å². The predicted octanol–water partition coefficient (Wildman–Crippen LogP) is 7.06. The maximum absolute atomic E-state index is 13.6. The van der Waals surface area contributed by atoms with E-state index in [9.17, 15) is 14.4 Å². The van der Waals surface area contributed by atoms with Gasteiger partial charge in [0.25, 0.3) is 11.8 Å². The first-order valence-corrected chi connectivity index (χ1v) is 15.3. The van der Waals surface area contributed by atoms with Gasteiger partial charge in [-0.2, -0.15) is 0 Å². The molecule has 3 aromatic rings. The number of carbonyl (C=O) groups excluding carboxylic acids is 3. The van der Waals surface area contributed by atoms with E-state index in [1.54, 1.807) is 30.3 Å². The molecule has 0 radical (unpaired) electrons. The average molecular weight is 597 g/mol. The van der Waals surface area contributed by atoms with Crippen molar-refractivity contribution in [1.82, 2.24) is 5.32 Å². The fourth-order valence-electron chi connectivity index (χ4n) is 8.12. The summed E-state index contributed by atoms with van der Waals surface area (Å²) in [4.78, 5) is 40.3. The molecule has 4 amide bonds. The number of imide groups is 2. The zero-order valence-corrected chi connectivity index (χ0v) is 24.7. The van der Waals surface area contributed by atoms with Gasteiger partial charge in [0, 0.05) is 5.02 Å². The Kier molecular flexibility index (Phi) is 7.01. The van der Waals surface area contributed by atoms with Crippen LogP contribution < -0.4 is 19.7 Å². The van der Waals surface area contributed by atoms with Crippen molar-refractivity contribution in [2.24, 2.45) is 17.8 Å². The van der Waals surface area contributed by atoms with E-state index in [0.717, 1.165) is 28.2 Å². The number of benzene rings is 3.